The number of rotatable bonds is 9. The molecule has 0 aliphatic carbocycles. The number of para-hydroxylation sites is 1. The van der Waals surface area contributed by atoms with Crippen LogP contribution in [-0.2, 0) is 17.6 Å². The molecule has 1 rings (SSSR count). The minimum absolute atomic E-state index is 0.0861. The van der Waals surface area contributed by atoms with E-state index in [4.69, 9.17) is 0 Å². The first-order valence-corrected chi connectivity index (χ1v) is 7.84. The normalized spacial score (nSPS) is 10.9. The molecule has 1 amide bonds. The van der Waals surface area contributed by atoms with Gasteiger partial charge in [-0.3, -0.25) is 4.79 Å². The number of amides is 1. The third kappa shape index (κ3) is 6.27. The fourth-order valence-electron chi connectivity index (χ4n) is 2.23. The fourth-order valence-corrected chi connectivity index (χ4v) is 2.23. The molecule has 21 heavy (non-hydrogen) atoms. The van der Waals surface area contributed by atoms with Crippen LogP contribution in [0.25, 0.3) is 0 Å². The predicted octanol–water partition coefficient (Wildman–Crippen LogP) is 2.29. The molecule has 0 aliphatic heterocycles. The summed E-state index contributed by atoms with van der Waals surface area (Å²) in [5.74, 6) is 0.0861. The van der Waals surface area contributed by atoms with Gasteiger partial charge in [-0.2, -0.15) is 0 Å². The Bertz CT molecular complexity index is 421. The molecule has 0 aliphatic rings. The van der Waals surface area contributed by atoms with E-state index in [1.165, 1.54) is 11.1 Å². The van der Waals surface area contributed by atoms with E-state index in [0.29, 0.717) is 6.42 Å². The second-order valence-corrected chi connectivity index (χ2v) is 5.51. The summed E-state index contributed by atoms with van der Waals surface area (Å²) in [6.07, 6.45) is 2.38. The van der Waals surface area contributed by atoms with Gasteiger partial charge >= 0.3 is 0 Å². The molecule has 0 saturated carbocycles. The summed E-state index contributed by atoms with van der Waals surface area (Å²) < 4.78 is 0. The minimum atomic E-state index is 0.0861. The van der Waals surface area contributed by atoms with Gasteiger partial charge in [-0.05, 0) is 38.1 Å². The van der Waals surface area contributed by atoms with E-state index < -0.39 is 0 Å². The summed E-state index contributed by atoms with van der Waals surface area (Å²) in [6, 6.07) is 6.24. The number of likely N-dealkylation sites (N-methyl/N-ethyl adjacent to an activating group) is 1. The standard InChI is InChI=1S/C17H29N3O/c1-5-14-8-7-9-15(6-2)17(14)19-16(21)10-11-18-12-13-20(3)4/h7-9,18H,5-6,10-13H2,1-4H3,(H,19,21). The molecule has 0 bridgehead atoms. The van der Waals surface area contributed by atoms with Gasteiger partial charge in [0.15, 0.2) is 0 Å². The van der Waals surface area contributed by atoms with Crippen molar-refractivity contribution in [3.8, 4) is 0 Å². The summed E-state index contributed by atoms with van der Waals surface area (Å²) >= 11 is 0. The van der Waals surface area contributed by atoms with Crippen LogP contribution < -0.4 is 10.6 Å². The largest absolute Gasteiger partial charge is 0.326 e. The topological polar surface area (TPSA) is 44.4 Å². The molecule has 1 aromatic rings. The van der Waals surface area contributed by atoms with Gasteiger partial charge < -0.3 is 15.5 Å². The van der Waals surface area contributed by atoms with Crippen molar-refractivity contribution in [2.45, 2.75) is 33.1 Å². The van der Waals surface area contributed by atoms with Crippen molar-refractivity contribution in [2.24, 2.45) is 0 Å². The van der Waals surface area contributed by atoms with Crippen molar-refractivity contribution in [3.63, 3.8) is 0 Å². The maximum atomic E-state index is 12.1. The zero-order valence-electron chi connectivity index (χ0n) is 13.8. The number of hydrogen-bond acceptors (Lipinski definition) is 3. The van der Waals surface area contributed by atoms with Gasteiger partial charge in [0.1, 0.15) is 0 Å². The van der Waals surface area contributed by atoms with E-state index in [0.717, 1.165) is 38.2 Å². The average Bonchev–Trinajstić information content (AvgIpc) is 2.46. The fraction of sp³-hybridized carbons (Fsp3) is 0.588. The molecule has 4 nitrogen and oxygen atoms in total. The van der Waals surface area contributed by atoms with Crippen LogP contribution in [0.3, 0.4) is 0 Å². The van der Waals surface area contributed by atoms with E-state index in [9.17, 15) is 4.79 Å². The maximum Gasteiger partial charge on any atom is 0.225 e. The number of nitrogens with one attached hydrogen (secondary N) is 2. The smallest absolute Gasteiger partial charge is 0.225 e. The third-order valence-corrected chi connectivity index (χ3v) is 3.53. The van der Waals surface area contributed by atoms with Crippen molar-refractivity contribution in [1.29, 1.82) is 0 Å². The second-order valence-electron chi connectivity index (χ2n) is 5.51. The monoisotopic (exact) mass is 291 g/mol. The van der Waals surface area contributed by atoms with Crippen LogP contribution in [0.15, 0.2) is 18.2 Å². The van der Waals surface area contributed by atoms with Crippen LogP contribution in [0.4, 0.5) is 5.69 Å². The van der Waals surface area contributed by atoms with E-state index in [-0.39, 0.29) is 5.91 Å². The lowest BCUT2D eigenvalue weighted by molar-refractivity contribution is -0.116. The average molecular weight is 291 g/mol. The molecule has 0 unspecified atom stereocenters. The quantitative estimate of drug-likeness (QED) is 0.686. The number of hydrogen-bond donors (Lipinski definition) is 2. The lowest BCUT2D eigenvalue weighted by Gasteiger charge is -2.15. The highest BCUT2D eigenvalue weighted by Gasteiger charge is 2.09. The third-order valence-electron chi connectivity index (χ3n) is 3.53. The molecule has 0 heterocycles. The molecule has 4 heteroatoms. The number of carbonyl (C=O) groups excluding carboxylic acids is 1. The first-order chi connectivity index (χ1) is 10.1. The van der Waals surface area contributed by atoms with Crippen LogP contribution in [0.1, 0.15) is 31.4 Å². The van der Waals surface area contributed by atoms with Crippen LogP contribution in [0.5, 0.6) is 0 Å². The Morgan fingerprint density at radius 1 is 1.10 bits per heavy atom. The van der Waals surface area contributed by atoms with E-state index in [2.05, 4.69) is 47.6 Å². The number of nitrogens with zero attached hydrogens (tertiary/aromatic N) is 1. The molecule has 0 radical (unpaired) electrons. The summed E-state index contributed by atoms with van der Waals surface area (Å²) in [4.78, 5) is 14.2. The van der Waals surface area contributed by atoms with Gasteiger partial charge in [0.05, 0.1) is 0 Å². The number of benzene rings is 1. The number of carbonyl (C=O) groups is 1. The van der Waals surface area contributed by atoms with Gasteiger partial charge in [-0.1, -0.05) is 32.0 Å². The van der Waals surface area contributed by atoms with Crippen molar-refractivity contribution in [3.05, 3.63) is 29.3 Å². The lowest BCUT2D eigenvalue weighted by atomic mass is 10.0. The molecule has 0 fully saturated rings. The van der Waals surface area contributed by atoms with E-state index >= 15 is 0 Å². The Kier molecular flexibility index (Phi) is 8.01. The summed E-state index contributed by atoms with van der Waals surface area (Å²) in [6.45, 7) is 6.85. The van der Waals surface area contributed by atoms with Gasteiger partial charge in [0, 0.05) is 31.7 Å². The second kappa shape index (κ2) is 9.53. The molecule has 2 N–H and O–H groups in total. The highest BCUT2D eigenvalue weighted by molar-refractivity contribution is 5.92. The highest BCUT2D eigenvalue weighted by atomic mass is 16.1. The Morgan fingerprint density at radius 3 is 2.24 bits per heavy atom. The zero-order chi connectivity index (χ0) is 15.7. The molecule has 0 saturated heterocycles. The van der Waals surface area contributed by atoms with Crippen molar-refractivity contribution in [2.75, 3.05) is 39.0 Å². The molecule has 118 valence electrons. The van der Waals surface area contributed by atoms with E-state index in [1.807, 2.05) is 14.1 Å². The molecule has 1 aromatic carbocycles. The Balaban J connectivity index is 2.47. The molecular weight excluding hydrogens is 262 g/mol. The summed E-state index contributed by atoms with van der Waals surface area (Å²) in [5.41, 5.74) is 3.44. The lowest BCUT2D eigenvalue weighted by Crippen LogP contribution is -2.29. The summed E-state index contributed by atoms with van der Waals surface area (Å²) in [7, 11) is 4.09. The Morgan fingerprint density at radius 2 is 1.71 bits per heavy atom. The molecule has 0 atom stereocenters. The first kappa shape index (κ1) is 17.7. The minimum Gasteiger partial charge on any atom is -0.326 e. The Hall–Kier alpha value is -1.39. The predicted molar refractivity (Wildman–Crippen MR) is 89.9 cm³/mol. The summed E-state index contributed by atoms with van der Waals surface area (Å²) in [5, 5.41) is 6.38. The number of aryl methyl sites for hydroxylation is 2. The van der Waals surface area contributed by atoms with E-state index in [1.54, 1.807) is 0 Å². The maximum absolute atomic E-state index is 12.1. The van der Waals surface area contributed by atoms with Gasteiger partial charge in [0.25, 0.3) is 0 Å². The van der Waals surface area contributed by atoms with Crippen LogP contribution in [0.2, 0.25) is 0 Å². The SMILES string of the molecule is CCc1cccc(CC)c1NC(=O)CCNCCN(C)C. The van der Waals surface area contributed by atoms with Gasteiger partial charge in [-0.15, -0.1) is 0 Å². The first-order valence-electron chi connectivity index (χ1n) is 7.84. The molecule has 0 spiro atoms. The van der Waals surface area contributed by atoms with Crippen LogP contribution in [-0.4, -0.2) is 44.5 Å². The van der Waals surface area contributed by atoms with Crippen molar-refractivity contribution in [1.82, 2.24) is 10.2 Å². The van der Waals surface area contributed by atoms with Gasteiger partial charge in [-0.25, -0.2) is 0 Å². The van der Waals surface area contributed by atoms with Gasteiger partial charge in [0.2, 0.25) is 5.91 Å². The number of anilines is 1. The van der Waals surface area contributed by atoms with Crippen molar-refractivity contribution >= 4 is 11.6 Å². The van der Waals surface area contributed by atoms with Crippen LogP contribution >= 0.6 is 0 Å². The van der Waals surface area contributed by atoms with Crippen molar-refractivity contribution < 1.29 is 4.79 Å². The molecular formula is C17H29N3O. The zero-order valence-corrected chi connectivity index (χ0v) is 13.8. The molecule has 0 aromatic heterocycles. The van der Waals surface area contributed by atoms with Crippen LogP contribution in [0, 0.1) is 0 Å². The Labute approximate surface area is 128 Å². The highest BCUT2D eigenvalue weighted by Crippen LogP contribution is 2.22.